The SMILES string of the molecule is CC(c1ccc(C(=O)O)o1)N(CC1CC1)CC1CC1. The lowest BCUT2D eigenvalue weighted by molar-refractivity contribution is 0.0655. The largest absolute Gasteiger partial charge is 0.475 e. The Balaban J connectivity index is 1.69. The first-order valence-corrected chi connectivity index (χ1v) is 7.20. The molecule has 0 aliphatic heterocycles. The van der Waals surface area contributed by atoms with Crippen LogP contribution in [-0.4, -0.2) is 29.1 Å². The van der Waals surface area contributed by atoms with E-state index < -0.39 is 5.97 Å². The third kappa shape index (κ3) is 3.18. The summed E-state index contributed by atoms with van der Waals surface area (Å²) in [5.74, 6) is 1.51. The number of carboxylic acid groups (broad SMARTS) is 1. The number of furan rings is 1. The molecule has 1 N–H and O–H groups in total. The van der Waals surface area contributed by atoms with Crippen molar-refractivity contribution in [1.29, 1.82) is 0 Å². The molecule has 0 radical (unpaired) electrons. The molecule has 1 unspecified atom stereocenters. The molecule has 1 heterocycles. The van der Waals surface area contributed by atoms with E-state index in [1.54, 1.807) is 12.1 Å². The number of carboxylic acids is 1. The molecular weight excluding hydrogens is 242 g/mol. The minimum atomic E-state index is -0.991. The van der Waals surface area contributed by atoms with E-state index in [4.69, 9.17) is 9.52 Å². The van der Waals surface area contributed by atoms with E-state index in [0.717, 1.165) is 30.7 Å². The van der Waals surface area contributed by atoms with E-state index in [0.29, 0.717) is 0 Å². The average Bonchev–Trinajstić information content (AvgIpc) is 3.29. The van der Waals surface area contributed by atoms with Crippen molar-refractivity contribution in [2.45, 2.75) is 38.6 Å². The molecule has 19 heavy (non-hydrogen) atoms. The topological polar surface area (TPSA) is 53.7 Å². The van der Waals surface area contributed by atoms with E-state index >= 15 is 0 Å². The van der Waals surface area contributed by atoms with Crippen LogP contribution in [0, 0.1) is 11.8 Å². The Hall–Kier alpha value is -1.29. The second-order valence-electron chi connectivity index (χ2n) is 6.02. The summed E-state index contributed by atoms with van der Waals surface area (Å²) < 4.78 is 5.45. The highest BCUT2D eigenvalue weighted by atomic mass is 16.4. The van der Waals surface area contributed by atoms with Crippen LogP contribution in [-0.2, 0) is 0 Å². The van der Waals surface area contributed by atoms with E-state index in [1.807, 2.05) is 0 Å². The molecule has 0 saturated heterocycles. The predicted octanol–water partition coefficient (Wildman–Crippen LogP) is 3.16. The second kappa shape index (κ2) is 5.00. The van der Waals surface area contributed by atoms with Gasteiger partial charge in [-0.15, -0.1) is 0 Å². The molecule has 0 aromatic carbocycles. The Kier molecular flexibility index (Phi) is 3.35. The number of nitrogens with zero attached hydrogens (tertiary/aromatic N) is 1. The van der Waals surface area contributed by atoms with Gasteiger partial charge in [-0.05, 0) is 56.6 Å². The van der Waals surface area contributed by atoms with Gasteiger partial charge < -0.3 is 9.52 Å². The predicted molar refractivity (Wildman–Crippen MR) is 71.1 cm³/mol. The van der Waals surface area contributed by atoms with Gasteiger partial charge in [-0.2, -0.15) is 0 Å². The molecule has 2 aliphatic rings. The number of hydrogen-bond acceptors (Lipinski definition) is 3. The van der Waals surface area contributed by atoms with Crippen LogP contribution in [0.4, 0.5) is 0 Å². The van der Waals surface area contributed by atoms with Gasteiger partial charge in [-0.1, -0.05) is 0 Å². The van der Waals surface area contributed by atoms with E-state index in [9.17, 15) is 4.79 Å². The highest BCUT2D eigenvalue weighted by Gasteiger charge is 2.32. The van der Waals surface area contributed by atoms with Crippen molar-refractivity contribution in [3.63, 3.8) is 0 Å². The Morgan fingerprint density at radius 2 is 1.89 bits per heavy atom. The molecular formula is C15H21NO3. The van der Waals surface area contributed by atoms with Gasteiger partial charge in [0.1, 0.15) is 5.76 Å². The molecule has 2 aliphatic carbocycles. The lowest BCUT2D eigenvalue weighted by atomic mass is 10.2. The van der Waals surface area contributed by atoms with Crippen LogP contribution in [0.5, 0.6) is 0 Å². The molecule has 3 rings (SSSR count). The Bertz CT molecular complexity index is 446. The standard InChI is InChI=1S/C15H21NO3/c1-10(13-6-7-14(19-13)15(17)18)16(8-11-2-3-11)9-12-4-5-12/h6-7,10-12H,2-5,8-9H2,1H3,(H,17,18). The van der Waals surface area contributed by atoms with E-state index in [1.165, 1.54) is 25.7 Å². The fourth-order valence-electron chi connectivity index (χ4n) is 2.53. The van der Waals surface area contributed by atoms with Crippen LogP contribution >= 0.6 is 0 Å². The third-order valence-corrected chi connectivity index (χ3v) is 4.18. The van der Waals surface area contributed by atoms with Gasteiger partial charge in [-0.3, -0.25) is 4.90 Å². The van der Waals surface area contributed by atoms with Gasteiger partial charge in [-0.25, -0.2) is 4.79 Å². The molecule has 0 spiro atoms. The van der Waals surface area contributed by atoms with Crippen molar-refractivity contribution in [3.8, 4) is 0 Å². The van der Waals surface area contributed by atoms with Crippen LogP contribution in [0.1, 0.15) is 55.0 Å². The van der Waals surface area contributed by atoms with Gasteiger partial charge in [0.25, 0.3) is 0 Å². The van der Waals surface area contributed by atoms with Gasteiger partial charge in [0.05, 0.1) is 6.04 Å². The highest BCUT2D eigenvalue weighted by Crippen LogP contribution is 2.37. The molecule has 2 saturated carbocycles. The first-order valence-electron chi connectivity index (χ1n) is 7.20. The zero-order valence-electron chi connectivity index (χ0n) is 11.3. The van der Waals surface area contributed by atoms with Crippen LogP contribution in [0.15, 0.2) is 16.5 Å². The minimum absolute atomic E-state index is 0.0413. The maximum absolute atomic E-state index is 10.9. The van der Waals surface area contributed by atoms with Crippen molar-refractivity contribution in [3.05, 3.63) is 23.7 Å². The van der Waals surface area contributed by atoms with Crippen molar-refractivity contribution < 1.29 is 14.3 Å². The first-order chi connectivity index (χ1) is 9.13. The van der Waals surface area contributed by atoms with Crippen LogP contribution in [0.25, 0.3) is 0 Å². The molecule has 1 aromatic rings. The van der Waals surface area contributed by atoms with Crippen LogP contribution in [0.2, 0.25) is 0 Å². The smallest absolute Gasteiger partial charge is 0.371 e. The van der Waals surface area contributed by atoms with Crippen molar-refractivity contribution >= 4 is 5.97 Å². The highest BCUT2D eigenvalue weighted by molar-refractivity contribution is 5.84. The first kappa shape index (κ1) is 12.7. The monoisotopic (exact) mass is 263 g/mol. The molecule has 4 heteroatoms. The summed E-state index contributed by atoms with van der Waals surface area (Å²) in [7, 11) is 0. The van der Waals surface area contributed by atoms with E-state index in [-0.39, 0.29) is 11.8 Å². The number of aromatic carboxylic acids is 1. The summed E-state index contributed by atoms with van der Waals surface area (Å²) in [6.07, 6.45) is 5.36. The minimum Gasteiger partial charge on any atom is -0.475 e. The summed E-state index contributed by atoms with van der Waals surface area (Å²) in [6, 6.07) is 3.54. The summed E-state index contributed by atoms with van der Waals surface area (Å²) in [4.78, 5) is 13.3. The second-order valence-corrected chi connectivity index (χ2v) is 6.02. The quantitative estimate of drug-likeness (QED) is 0.821. The summed E-state index contributed by atoms with van der Waals surface area (Å²) in [6.45, 7) is 4.37. The average molecular weight is 263 g/mol. The maximum atomic E-state index is 10.9. The summed E-state index contributed by atoms with van der Waals surface area (Å²) in [5, 5.41) is 8.92. The molecule has 4 nitrogen and oxygen atoms in total. The number of carbonyl (C=O) groups is 1. The van der Waals surface area contributed by atoms with Crippen LogP contribution < -0.4 is 0 Å². The van der Waals surface area contributed by atoms with Gasteiger partial charge in [0.15, 0.2) is 0 Å². The lowest BCUT2D eigenvalue weighted by Gasteiger charge is -2.27. The third-order valence-electron chi connectivity index (χ3n) is 4.18. The maximum Gasteiger partial charge on any atom is 0.371 e. The molecule has 0 bridgehead atoms. The fourth-order valence-corrected chi connectivity index (χ4v) is 2.53. The summed E-state index contributed by atoms with van der Waals surface area (Å²) >= 11 is 0. The zero-order chi connectivity index (χ0) is 13.4. The molecule has 2 fully saturated rings. The normalized spacial score (nSPS) is 20.7. The number of hydrogen-bond donors (Lipinski definition) is 1. The number of rotatable bonds is 7. The van der Waals surface area contributed by atoms with Crippen molar-refractivity contribution in [1.82, 2.24) is 4.90 Å². The van der Waals surface area contributed by atoms with Gasteiger partial charge >= 0.3 is 5.97 Å². The molecule has 0 amide bonds. The zero-order valence-corrected chi connectivity index (χ0v) is 11.3. The van der Waals surface area contributed by atoms with Crippen molar-refractivity contribution in [2.75, 3.05) is 13.1 Å². The molecule has 104 valence electrons. The van der Waals surface area contributed by atoms with E-state index in [2.05, 4.69) is 11.8 Å². The summed E-state index contributed by atoms with van der Waals surface area (Å²) in [5.41, 5.74) is 0. The van der Waals surface area contributed by atoms with Gasteiger partial charge in [0, 0.05) is 13.1 Å². The van der Waals surface area contributed by atoms with Crippen LogP contribution in [0.3, 0.4) is 0 Å². The van der Waals surface area contributed by atoms with Gasteiger partial charge in [0.2, 0.25) is 5.76 Å². The molecule has 1 aromatic heterocycles. The lowest BCUT2D eigenvalue weighted by Crippen LogP contribution is -2.31. The molecule has 1 atom stereocenters. The Labute approximate surface area is 113 Å². The fraction of sp³-hybridized carbons (Fsp3) is 0.667. The Morgan fingerprint density at radius 3 is 2.32 bits per heavy atom. The Morgan fingerprint density at radius 1 is 1.32 bits per heavy atom. The van der Waals surface area contributed by atoms with Crippen molar-refractivity contribution in [2.24, 2.45) is 11.8 Å².